The normalized spacial score (nSPS) is 30.4. The summed E-state index contributed by atoms with van der Waals surface area (Å²) in [4.78, 5) is 14.9. The Balaban J connectivity index is 1.88. The standard InChI is InChI=1S/C18H23FINO2/c1-23-18(22)17-15(12-3-5-13(20)6-4-12)11-14-7-8-16(17)21(14)10-2-9-19/h3-6,14-17H,2,7-11H2,1H3/i20-4. The lowest BCUT2D eigenvalue weighted by Crippen LogP contribution is -2.51. The Morgan fingerprint density at radius 3 is 2.74 bits per heavy atom. The van der Waals surface area contributed by atoms with E-state index in [0.717, 1.165) is 25.8 Å². The second kappa shape index (κ2) is 7.47. The number of halogens is 2. The summed E-state index contributed by atoms with van der Waals surface area (Å²) < 4.78 is 18.9. The van der Waals surface area contributed by atoms with Crippen molar-refractivity contribution in [3.8, 4) is 0 Å². The van der Waals surface area contributed by atoms with Gasteiger partial charge in [-0.3, -0.25) is 14.1 Å². The molecule has 1 aromatic carbocycles. The van der Waals surface area contributed by atoms with E-state index in [2.05, 4.69) is 51.8 Å². The zero-order chi connectivity index (χ0) is 16.4. The van der Waals surface area contributed by atoms with Gasteiger partial charge in [0.2, 0.25) is 0 Å². The Hall–Kier alpha value is -0.690. The molecule has 0 N–H and O–H groups in total. The number of nitrogens with zero attached hydrogens (tertiary/aromatic N) is 1. The molecule has 2 saturated heterocycles. The Kier molecular flexibility index (Phi) is 5.57. The molecule has 0 aliphatic carbocycles. The Bertz CT molecular complexity index is 550. The smallest absolute Gasteiger partial charge is 0.310 e. The summed E-state index contributed by atoms with van der Waals surface area (Å²) in [6.07, 6.45) is 3.63. The molecule has 2 fully saturated rings. The van der Waals surface area contributed by atoms with E-state index >= 15 is 0 Å². The van der Waals surface area contributed by atoms with E-state index in [4.69, 9.17) is 4.74 Å². The van der Waals surface area contributed by atoms with Gasteiger partial charge in [-0.1, -0.05) is 12.1 Å². The van der Waals surface area contributed by atoms with Crippen molar-refractivity contribution in [3.63, 3.8) is 0 Å². The number of rotatable bonds is 5. The van der Waals surface area contributed by atoms with E-state index in [-0.39, 0.29) is 30.5 Å². The van der Waals surface area contributed by atoms with Gasteiger partial charge in [0.15, 0.2) is 0 Å². The molecule has 0 aromatic heterocycles. The van der Waals surface area contributed by atoms with Gasteiger partial charge in [-0.25, -0.2) is 0 Å². The van der Waals surface area contributed by atoms with Crippen LogP contribution in [-0.2, 0) is 9.53 Å². The van der Waals surface area contributed by atoms with Gasteiger partial charge in [0, 0.05) is 28.1 Å². The van der Waals surface area contributed by atoms with Crippen LogP contribution in [0.3, 0.4) is 0 Å². The third-order valence-electron chi connectivity index (χ3n) is 5.39. The van der Waals surface area contributed by atoms with Crippen molar-refractivity contribution in [2.24, 2.45) is 5.92 Å². The van der Waals surface area contributed by atoms with E-state index in [1.807, 2.05) is 0 Å². The van der Waals surface area contributed by atoms with E-state index < -0.39 is 0 Å². The SMILES string of the molecule is COC(=O)C1C(c2ccc([123I])cc2)CC2CCC1N2CCCF. The van der Waals surface area contributed by atoms with Crippen LogP contribution in [0.1, 0.15) is 37.2 Å². The molecule has 2 heterocycles. The maximum atomic E-state index is 12.6. The first-order valence-corrected chi connectivity index (χ1v) is 9.38. The van der Waals surface area contributed by atoms with Crippen LogP contribution in [-0.4, -0.2) is 43.3 Å². The fraction of sp³-hybridized carbons (Fsp3) is 0.611. The molecule has 0 radical (unpaired) electrons. The lowest BCUT2D eigenvalue weighted by molar-refractivity contribution is -0.150. The number of benzene rings is 1. The molecule has 23 heavy (non-hydrogen) atoms. The minimum Gasteiger partial charge on any atom is -0.469 e. The molecular formula is C18H23FINO2. The molecular weight excluding hydrogens is 404 g/mol. The molecule has 0 amide bonds. The van der Waals surface area contributed by atoms with Gasteiger partial charge < -0.3 is 4.74 Å². The lowest BCUT2D eigenvalue weighted by Gasteiger charge is -2.43. The molecule has 0 spiro atoms. The number of ether oxygens (including phenoxy) is 1. The van der Waals surface area contributed by atoms with Crippen molar-refractivity contribution < 1.29 is 13.9 Å². The van der Waals surface area contributed by atoms with Crippen molar-refractivity contribution in [2.75, 3.05) is 20.3 Å². The topological polar surface area (TPSA) is 29.5 Å². The molecule has 4 unspecified atom stereocenters. The van der Waals surface area contributed by atoms with E-state index in [0.29, 0.717) is 12.5 Å². The molecule has 3 nitrogen and oxygen atoms in total. The number of methoxy groups -OCH3 is 1. The van der Waals surface area contributed by atoms with Gasteiger partial charge >= 0.3 is 5.97 Å². The van der Waals surface area contributed by atoms with Crippen molar-refractivity contribution >= 4 is 28.6 Å². The summed E-state index contributed by atoms with van der Waals surface area (Å²) in [5, 5.41) is 0. The van der Waals surface area contributed by atoms with Crippen LogP contribution in [0.25, 0.3) is 0 Å². The number of fused-ring (bicyclic) bond motifs is 2. The second-order valence-electron chi connectivity index (χ2n) is 6.52. The molecule has 2 aliphatic rings. The Labute approximate surface area is 150 Å². The van der Waals surface area contributed by atoms with Crippen LogP contribution >= 0.6 is 22.6 Å². The number of hydrogen-bond donors (Lipinski definition) is 0. The summed E-state index contributed by atoms with van der Waals surface area (Å²) >= 11 is 2.30. The molecule has 2 aliphatic heterocycles. The summed E-state index contributed by atoms with van der Waals surface area (Å²) in [5.74, 6) is -0.0545. The molecule has 3 rings (SSSR count). The highest BCUT2D eigenvalue weighted by Gasteiger charge is 2.50. The number of hydrogen-bond acceptors (Lipinski definition) is 3. The third-order valence-corrected chi connectivity index (χ3v) is 6.11. The molecule has 1 aromatic rings. The maximum Gasteiger partial charge on any atom is 0.310 e. The van der Waals surface area contributed by atoms with E-state index in [9.17, 15) is 9.18 Å². The van der Waals surface area contributed by atoms with Gasteiger partial charge in [0.05, 0.1) is 19.7 Å². The number of piperidine rings is 1. The van der Waals surface area contributed by atoms with Crippen LogP contribution in [0, 0.1) is 9.49 Å². The van der Waals surface area contributed by atoms with Crippen molar-refractivity contribution in [3.05, 3.63) is 33.4 Å². The number of esters is 1. The Morgan fingerprint density at radius 1 is 1.35 bits per heavy atom. The summed E-state index contributed by atoms with van der Waals surface area (Å²) in [7, 11) is 1.47. The van der Waals surface area contributed by atoms with E-state index in [1.54, 1.807) is 0 Å². The Morgan fingerprint density at radius 2 is 2.09 bits per heavy atom. The lowest BCUT2D eigenvalue weighted by atomic mass is 9.76. The van der Waals surface area contributed by atoms with Crippen LogP contribution in [0.2, 0.25) is 0 Å². The number of carbonyl (C=O) groups is 1. The number of alkyl halides is 1. The quantitative estimate of drug-likeness (QED) is 0.530. The molecule has 126 valence electrons. The average molecular weight is 427 g/mol. The zero-order valence-electron chi connectivity index (χ0n) is 13.4. The van der Waals surface area contributed by atoms with Gasteiger partial charge in [-0.2, -0.15) is 0 Å². The molecule has 4 atom stereocenters. The van der Waals surface area contributed by atoms with Crippen LogP contribution < -0.4 is 0 Å². The predicted octanol–water partition coefficient (Wildman–Crippen LogP) is 3.76. The average Bonchev–Trinajstić information content (AvgIpc) is 2.84. The molecule has 2 bridgehead atoms. The van der Waals surface area contributed by atoms with Crippen LogP contribution in [0.4, 0.5) is 4.39 Å². The summed E-state index contributed by atoms with van der Waals surface area (Å²) in [6, 6.07) is 9.13. The molecule has 0 saturated carbocycles. The van der Waals surface area contributed by atoms with Crippen LogP contribution in [0.5, 0.6) is 0 Å². The zero-order valence-corrected chi connectivity index (χ0v) is 15.5. The highest BCUT2D eigenvalue weighted by Crippen LogP contribution is 2.47. The van der Waals surface area contributed by atoms with Crippen molar-refractivity contribution in [1.82, 2.24) is 4.90 Å². The number of carbonyl (C=O) groups excluding carboxylic acids is 1. The second-order valence-corrected chi connectivity index (χ2v) is 7.77. The van der Waals surface area contributed by atoms with Crippen molar-refractivity contribution in [2.45, 2.75) is 43.7 Å². The first-order valence-electron chi connectivity index (χ1n) is 8.30. The fourth-order valence-corrected chi connectivity index (χ4v) is 4.77. The first-order chi connectivity index (χ1) is 11.2. The van der Waals surface area contributed by atoms with Gasteiger partial charge in [-0.15, -0.1) is 0 Å². The van der Waals surface area contributed by atoms with E-state index in [1.165, 1.54) is 16.2 Å². The predicted molar refractivity (Wildman–Crippen MR) is 96.1 cm³/mol. The third kappa shape index (κ3) is 3.40. The minimum absolute atomic E-state index is 0.121. The maximum absolute atomic E-state index is 12.6. The first kappa shape index (κ1) is 17.1. The highest BCUT2D eigenvalue weighted by molar-refractivity contribution is 14.1. The van der Waals surface area contributed by atoms with Crippen LogP contribution in [0.15, 0.2) is 24.3 Å². The van der Waals surface area contributed by atoms with Gasteiger partial charge in [-0.05, 0) is 66.0 Å². The highest BCUT2D eigenvalue weighted by atomic mass is 123. The summed E-state index contributed by atoms with van der Waals surface area (Å²) in [5.41, 5.74) is 1.22. The van der Waals surface area contributed by atoms with Crippen molar-refractivity contribution in [1.29, 1.82) is 0 Å². The monoisotopic (exact) mass is 427 g/mol. The van der Waals surface area contributed by atoms with Gasteiger partial charge in [0.1, 0.15) is 0 Å². The fourth-order valence-electron chi connectivity index (χ4n) is 4.41. The van der Waals surface area contributed by atoms with Gasteiger partial charge in [0.25, 0.3) is 0 Å². The molecule has 5 heteroatoms. The summed E-state index contributed by atoms with van der Waals surface area (Å²) in [6.45, 7) is 0.456. The minimum atomic E-state index is -0.292. The largest absolute Gasteiger partial charge is 0.469 e.